The van der Waals surface area contributed by atoms with E-state index in [-0.39, 0.29) is 18.1 Å². The van der Waals surface area contributed by atoms with Crippen molar-refractivity contribution in [3.8, 4) is 0 Å². The Morgan fingerprint density at radius 1 is 1.33 bits per heavy atom. The molecule has 1 aliphatic rings. The summed E-state index contributed by atoms with van der Waals surface area (Å²) in [6.07, 6.45) is 0. The van der Waals surface area contributed by atoms with Gasteiger partial charge in [0, 0.05) is 0 Å². The van der Waals surface area contributed by atoms with Crippen LogP contribution in [0, 0.1) is 0 Å². The van der Waals surface area contributed by atoms with E-state index in [2.05, 4.69) is 4.89 Å². The average Bonchev–Trinajstić information content (AvgIpc) is 2.03. The van der Waals surface area contributed by atoms with E-state index in [1.165, 1.54) is 4.90 Å². The summed E-state index contributed by atoms with van der Waals surface area (Å²) in [5.41, 5.74) is 0. The second-order valence-electron chi connectivity index (χ2n) is 2.99. The van der Waals surface area contributed by atoms with Gasteiger partial charge in [0.05, 0.1) is 24.6 Å². The Hall–Kier alpha value is -0.170. The summed E-state index contributed by atoms with van der Waals surface area (Å²) in [5.74, 6) is 0.515. The Kier molecular flexibility index (Phi) is 3.45. The Labute approximate surface area is 71.8 Å². The first-order chi connectivity index (χ1) is 5.64. The first-order valence-corrected chi connectivity index (χ1v) is 5.76. The Bertz CT molecular complexity index is 212. The summed E-state index contributed by atoms with van der Waals surface area (Å²) in [7, 11) is -2.76. The van der Waals surface area contributed by atoms with Crippen LogP contribution in [0.15, 0.2) is 0 Å². The second-order valence-corrected chi connectivity index (χ2v) is 5.29. The monoisotopic (exact) mass is 196 g/mol. The fourth-order valence-corrected chi connectivity index (χ4v) is 2.67. The lowest BCUT2D eigenvalue weighted by atomic mass is 10.5. The summed E-state index contributed by atoms with van der Waals surface area (Å²) < 4.78 is 22.0. The van der Waals surface area contributed by atoms with E-state index in [4.69, 9.17) is 5.26 Å². The highest BCUT2D eigenvalue weighted by Crippen LogP contribution is 1.89. The predicted molar refractivity (Wildman–Crippen MR) is 42.8 cm³/mol. The number of quaternary nitrogens is 1. The molecule has 1 fully saturated rings. The molecule has 0 radical (unpaired) electrons. The van der Waals surface area contributed by atoms with Crippen LogP contribution in [0.1, 0.15) is 0 Å². The summed E-state index contributed by atoms with van der Waals surface area (Å²) in [5, 5.41) is 8.07. The largest absolute Gasteiger partial charge is 0.331 e. The average molecular weight is 196 g/mol. The van der Waals surface area contributed by atoms with Crippen LogP contribution >= 0.6 is 0 Å². The van der Waals surface area contributed by atoms with E-state index in [1.54, 1.807) is 0 Å². The molecule has 12 heavy (non-hydrogen) atoms. The topological polar surface area (TPSA) is 68.0 Å². The van der Waals surface area contributed by atoms with E-state index < -0.39 is 9.84 Å². The molecule has 2 N–H and O–H groups in total. The minimum absolute atomic E-state index is 0.258. The minimum Gasteiger partial charge on any atom is -0.331 e. The van der Waals surface area contributed by atoms with Gasteiger partial charge in [-0.2, -0.15) is 0 Å². The molecule has 0 saturated carbocycles. The molecule has 1 rings (SSSR count). The maximum Gasteiger partial charge on any atom is 0.161 e. The van der Waals surface area contributed by atoms with E-state index >= 15 is 0 Å². The van der Waals surface area contributed by atoms with Crippen LogP contribution in [-0.2, 0) is 14.7 Å². The van der Waals surface area contributed by atoms with Crippen molar-refractivity contribution in [3.63, 3.8) is 0 Å². The van der Waals surface area contributed by atoms with E-state index in [0.717, 1.165) is 0 Å². The lowest BCUT2D eigenvalue weighted by molar-refractivity contribution is -0.897. The van der Waals surface area contributed by atoms with Crippen LogP contribution < -0.4 is 4.90 Å². The van der Waals surface area contributed by atoms with Crippen molar-refractivity contribution in [1.82, 2.24) is 0 Å². The number of hydrogen-bond donors (Lipinski definition) is 2. The molecule has 5 nitrogen and oxygen atoms in total. The summed E-state index contributed by atoms with van der Waals surface area (Å²) in [6.45, 7) is 2.21. The van der Waals surface area contributed by atoms with Crippen LogP contribution in [0.3, 0.4) is 0 Å². The van der Waals surface area contributed by atoms with Gasteiger partial charge >= 0.3 is 0 Å². The van der Waals surface area contributed by atoms with Gasteiger partial charge < -0.3 is 4.90 Å². The molecule has 72 valence electrons. The molecule has 0 aromatic rings. The zero-order valence-corrected chi connectivity index (χ0v) is 7.64. The zero-order chi connectivity index (χ0) is 9.03. The summed E-state index contributed by atoms with van der Waals surface area (Å²) in [4.78, 5) is 5.11. The molecule has 0 unspecified atom stereocenters. The molecule has 0 atom stereocenters. The first-order valence-electron chi connectivity index (χ1n) is 3.94. The zero-order valence-electron chi connectivity index (χ0n) is 6.82. The van der Waals surface area contributed by atoms with E-state index in [1.807, 2.05) is 0 Å². The molecule has 0 aliphatic carbocycles. The Morgan fingerprint density at radius 3 is 2.42 bits per heavy atom. The molecule has 0 aromatic carbocycles. The van der Waals surface area contributed by atoms with E-state index in [9.17, 15) is 8.42 Å². The summed E-state index contributed by atoms with van der Waals surface area (Å²) >= 11 is 0. The maximum atomic E-state index is 11.0. The van der Waals surface area contributed by atoms with Crippen LogP contribution in [0.2, 0.25) is 0 Å². The normalized spacial score (nSPS) is 24.1. The van der Waals surface area contributed by atoms with Gasteiger partial charge in [-0.3, -0.25) is 5.26 Å². The Morgan fingerprint density at radius 2 is 1.92 bits per heavy atom. The first kappa shape index (κ1) is 9.91. The van der Waals surface area contributed by atoms with Gasteiger partial charge in [-0.25, -0.2) is 13.3 Å². The Balaban J connectivity index is 2.27. The highest BCUT2D eigenvalue weighted by atomic mass is 32.2. The van der Waals surface area contributed by atoms with Gasteiger partial charge in [0.2, 0.25) is 0 Å². The third kappa shape index (κ3) is 3.06. The molecular weight excluding hydrogens is 182 g/mol. The van der Waals surface area contributed by atoms with Crippen LogP contribution in [-0.4, -0.2) is 51.4 Å². The number of hydrogen-bond acceptors (Lipinski definition) is 4. The van der Waals surface area contributed by atoms with Gasteiger partial charge in [0.25, 0.3) is 0 Å². The van der Waals surface area contributed by atoms with Crippen molar-refractivity contribution >= 4 is 9.84 Å². The lowest BCUT2D eigenvalue weighted by Gasteiger charge is -2.22. The molecule has 0 spiro atoms. The van der Waals surface area contributed by atoms with Crippen molar-refractivity contribution in [2.75, 3.05) is 37.7 Å². The van der Waals surface area contributed by atoms with Crippen molar-refractivity contribution in [2.24, 2.45) is 0 Å². The van der Waals surface area contributed by atoms with Gasteiger partial charge in [0.15, 0.2) is 9.84 Å². The van der Waals surface area contributed by atoms with Crippen LogP contribution in [0.5, 0.6) is 0 Å². The minimum atomic E-state index is -2.76. The molecule has 1 saturated heterocycles. The summed E-state index contributed by atoms with van der Waals surface area (Å²) in [6, 6.07) is 0. The van der Waals surface area contributed by atoms with Crippen LogP contribution in [0.4, 0.5) is 0 Å². The van der Waals surface area contributed by atoms with Crippen molar-refractivity contribution in [1.29, 1.82) is 0 Å². The van der Waals surface area contributed by atoms with E-state index in [0.29, 0.717) is 19.6 Å². The number of nitrogens with one attached hydrogen (secondary N) is 1. The molecule has 0 amide bonds. The van der Waals surface area contributed by atoms with Gasteiger partial charge in [-0.15, -0.1) is 0 Å². The fraction of sp³-hybridized carbons (Fsp3) is 1.00. The fourth-order valence-electron chi connectivity index (χ4n) is 1.27. The SMILES string of the molecule is O=S1(=O)CC[NH+](CCOO)CC1. The predicted octanol–water partition coefficient (Wildman–Crippen LogP) is -2.21. The van der Waals surface area contributed by atoms with Crippen molar-refractivity contribution in [3.05, 3.63) is 0 Å². The van der Waals surface area contributed by atoms with Crippen molar-refractivity contribution in [2.45, 2.75) is 0 Å². The highest BCUT2D eigenvalue weighted by molar-refractivity contribution is 7.91. The quantitative estimate of drug-likeness (QED) is 0.397. The highest BCUT2D eigenvalue weighted by Gasteiger charge is 2.23. The number of sulfone groups is 1. The molecule has 0 bridgehead atoms. The van der Waals surface area contributed by atoms with Crippen molar-refractivity contribution < 1.29 is 23.5 Å². The molecule has 1 aliphatic heterocycles. The molecule has 1 heterocycles. The molecule has 0 aromatic heterocycles. The standard InChI is InChI=1S/C6H13NO4S/c8-11-4-1-7-2-5-12(9,10)6-3-7/h8H,1-6H2/p+1. The molecular formula is C6H14NO4S+. The maximum absolute atomic E-state index is 11.0. The lowest BCUT2D eigenvalue weighted by Crippen LogP contribution is -3.14. The van der Waals surface area contributed by atoms with Gasteiger partial charge in [-0.1, -0.05) is 0 Å². The third-order valence-electron chi connectivity index (χ3n) is 2.08. The van der Waals surface area contributed by atoms with Gasteiger partial charge in [0.1, 0.15) is 13.2 Å². The molecule has 6 heteroatoms. The second kappa shape index (κ2) is 4.18. The van der Waals surface area contributed by atoms with Crippen LogP contribution in [0.25, 0.3) is 0 Å². The third-order valence-corrected chi connectivity index (χ3v) is 3.73. The number of rotatable bonds is 3. The van der Waals surface area contributed by atoms with Gasteiger partial charge in [-0.05, 0) is 0 Å². The smallest absolute Gasteiger partial charge is 0.161 e.